The van der Waals surface area contributed by atoms with E-state index in [4.69, 9.17) is 17.0 Å². The number of hydrogen-bond acceptors (Lipinski definition) is 3. The molecule has 0 saturated heterocycles. The molecule has 0 aliphatic heterocycles. The van der Waals surface area contributed by atoms with Crippen LogP contribution in [-0.2, 0) is 11.2 Å². The van der Waals surface area contributed by atoms with Crippen molar-refractivity contribution in [2.75, 3.05) is 12.4 Å². The van der Waals surface area contributed by atoms with Gasteiger partial charge in [0.1, 0.15) is 0 Å². The Morgan fingerprint density at radius 3 is 2.60 bits per heavy atom. The van der Waals surface area contributed by atoms with Crippen molar-refractivity contribution in [2.45, 2.75) is 32.7 Å². The molecular formula is C20H24N2O2S. The highest BCUT2D eigenvalue weighted by atomic mass is 32.1. The van der Waals surface area contributed by atoms with Crippen molar-refractivity contribution in [2.24, 2.45) is 0 Å². The van der Waals surface area contributed by atoms with Gasteiger partial charge in [-0.2, -0.15) is 0 Å². The van der Waals surface area contributed by atoms with E-state index < -0.39 is 0 Å². The van der Waals surface area contributed by atoms with Gasteiger partial charge in [0.15, 0.2) is 5.11 Å². The zero-order valence-electron chi connectivity index (χ0n) is 14.8. The minimum Gasteiger partial charge on any atom is -0.465 e. The second kappa shape index (κ2) is 9.18. The summed E-state index contributed by atoms with van der Waals surface area (Å²) in [5, 5.41) is 7.01. The van der Waals surface area contributed by atoms with Crippen LogP contribution in [0.2, 0.25) is 0 Å². The molecule has 0 aliphatic carbocycles. The number of ether oxygens (including phenoxy) is 1. The number of rotatable bonds is 6. The molecule has 0 aliphatic rings. The molecule has 4 nitrogen and oxygen atoms in total. The lowest BCUT2D eigenvalue weighted by molar-refractivity contribution is 0.0601. The molecule has 0 spiro atoms. The monoisotopic (exact) mass is 356 g/mol. The van der Waals surface area contributed by atoms with E-state index >= 15 is 0 Å². The van der Waals surface area contributed by atoms with Gasteiger partial charge in [0.2, 0.25) is 0 Å². The van der Waals surface area contributed by atoms with Crippen molar-refractivity contribution in [3.63, 3.8) is 0 Å². The fraction of sp³-hybridized carbons (Fsp3) is 0.300. The zero-order valence-corrected chi connectivity index (χ0v) is 15.7. The summed E-state index contributed by atoms with van der Waals surface area (Å²) >= 11 is 5.40. The van der Waals surface area contributed by atoms with Crippen LogP contribution in [0.4, 0.5) is 5.69 Å². The molecule has 132 valence electrons. The quantitative estimate of drug-likeness (QED) is 0.603. The van der Waals surface area contributed by atoms with Crippen molar-refractivity contribution in [1.29, 1.82) is 0 Å². The molecule has 0 heterocycles. The van der Waals surface area contributed by atoms with Gasteiger partial charge in [0, 0.05) is 11.7 Å². The molecule has 0 amide bonds. The Labute approximate surface area is 154 Å². The van der Waals surface area contributed by atoms with Gasteiger partial charge in [-0.15, -0.1) is 0 Å². The first-order valence-electron chi connectivity index (χ1n) is 8.30. The van der Waals surface area contributed by atoms with Gasteiger partial charge in [0.05, 0.1) is 12.7 Å². The number of methoxy groups -OCH3 is 1. The fourth-order valence-electron chi connectivity index (χ4n) is 2.48. The van der Waals surface area contributed by atoms with Crippen molar-refractivity contribution in [1.82, 2.24) is 5.32 Å². The largest absolute Gasteiger partial charge is 0.465 e. The predicted octanol–water partition coefficient (Wildman–Crippen LogP) is 4.09. The van der Waals surface area contributed by atoms with Crippen molar-refractivity contribution in [3.05, 3.63) is 65.2 Å². The van der Waals surface area contributed by atoms with E-state index in [9.17, 15) is 4.79 Å². The number of benzene rings is 2. The predicted molar refractivity (Wildman–Crippen MR) is 106 cm³/mol. The maximum Gasteiger partial charge on any atom is 0.337 e. The van der Waals surface area contributed by atoms with E-state index in [0.717, 1.165) is 24.1 Å². The van der Waals surface area contributed by atoms with E-state index in [-0.39, 0.29) is 12.0 Å². The fourth-order valence-corrected chi connectivity index (χ4v) is 2.79. The molecule has 0 bridgehead atoms. The zero-order chi connectivity index (χ0) is 18.2. The van der Waals surface area contributed by atoms with Gasteiger partial charge in [-0.25, -0.2) is 4.79 Å². The SMILES string of the molecule is COC(=O)c1ccc(C)c(NC(=S)NC(C)CCc2ccccc2)c1. The Kier molecular flexibility index (Phi) is 6.95. The molecule has 1 unspecified atom stereocenters. The average Bonchev–Trinajstić information content (AvgIpc) is 2.62. The van der Waals surface area contributed by atoms with Crippen LogP contribution in [0, 0.1) is 6.92 Å². The number of carbonyl (C=O) groups excluding carboxylic acids is 1. The third-order valence-corrected chi connectivity index (χ3v) is 4.21. The summed E-state index contributed by atoms with van der Waals surface area (Å²) in [4.78, 5) is 11.7. The first-order chi connectivity index (χ1) is 12.0. The third kappa shape index (κ3) is 5.87. The Balaban J connectivity index is 1.90. The molecule has 0 aromatic heterocycles. The van der Waals surface area contributed by atoms with Crippen LogP contribution in [0.1, 0.15) is 34.8 Å². The maximum atomic E-state index is 11.7. The minimum absolute atomic E-state index is 0.240. The Hall–Kier alpha value is -2.40. The lowest BCUT2D eigenvalue weighted by Crippen LogP contribution is -2.36. The number of hydrogen-bond donors (Lipinski definition) is 2. The summed E-state index contributed by atoms with van der Waals surface area (Å²) < 4.78 is 4.76. The maximum absolute atomic E-state index is 11.7. The summed E-state index contributed by atoms with van der Waals surface area (Å²) in [6, 6.07) is 16.0. The van der Waals surface area contributed by atoms with Crippen LogP contribution in [0.15, 0.2) is 48.5 Å². The molecule has 2 rings (SSSR count). The molecular weight excluding hydrogens is 332 g/mol. The van der Waals surface area contributed by atoms with E-state index in [2.05, 4.69) is 41.8 Å². The number of nitrogens with one attached hydrogen (secondary N) is 2. The number of aryl methyl sites for hydroxylation is 2. The van der Waals surface area contributed by atoms with Gasteiger partial charge in [-0.3, -0.25) is 0 Å². The molecule has 0 radical (unpaired) electrons. The van der Waals surface area contributed by atoms with Crippen molar-refractivity contribution >= 4 is 29.0 Å². The van der Waals surface area contributed by atoms with Crippen LogP contribution >= 0.6 is 12.2 Å². The summed E-state index contributed by atoms with van der Waals surface area (Å²) in [7, 11) is 1.37. The number of thiocarbonyl (C=S) groups is 1. The van der Waals surface area contributed by atoms with Crippen LogP contribution in [0.25, 0.3) is 0 Å². The third-order valence-electron chi connectivity index (χ3n) is 3.99. The van der Waals surface area contributed by atoms with Crippen molar-refractivity contribution in [3.8, 4) is 0 Å². The summed E-state index contributed by atoms with van der Waals surface area (Å²) in [5.41, 5.74) is 3.62. The second-order valence-electron chi connectivity index (χ2n) is 6.05. The highest BCUT2D eigenvalue weighted by molar-refractivity contribution is 7.80. The van der Waals surface area contributed by atoms with Crippen LogP contribution in [0.5, 0.6) is 0 Å². The number of anilines is 1. The second-order valence-corrected chi connectivity index (χ2v) is 6.45. The summed E-state index contributed by atoms with van der Waals surface area (Å²) in [6.07, 6.45) is 1.97. The van der Waals surface area contributed by atoms with Gasteiger partial charge >= 0.3 is 5.97 Å². The average molecular weight is 356 g/mol. The molecule has 1 atom stereocenters. The van der Waals surface area contributed by atoms with E-state index in [1.165, 1.54) is 12.7 Å². The topological polar surface area (TPSA) is 50.4 Å². The molecule has 2 aromatic rings. The first-order valence-corrected chi connectivity index (χ1v) is 8.71. The van der Waals surface area contributed by atoms with Gasteiger partial charge in [-0.1, -0.05) is 36.4 Å². The number of carbonyl (C=O) groups is 1. The Morgan fingerprint density at radius 1 is 1.20 bits per heavy atom. The van der Waals surface area contributed by atoms with Crippen molar-refractivity contribution < 1.29 is 9.53 Å². The molecule has 2 aromatic carbocycles. The van der Waals surface area contributed by atoms with Gasteiger partial charge in [0.25, 0.3) is 0 Å². The highest BCUT2D eigenvalue weighted by Crippen LogP contribution is 2.17. The summed E-state index contributed by atoms with van der Waals surface area (Å²) in [5.74, 6) is -0.363. The normalized spacial score (nSPS) is 11.5. The van der Waals surface area contributed by atoms with Gasteiger partial charge < -0.3 is 15.4 Å². The first kappa shape index (κ1) is 18.9. The Morgan fingerprint density at radius 2 is 1.92 bits per heavy atom. The van der Waals surface area contributed by atoms with E-state index in [1.54, 1.807) is 12.1 Å². The summed E-state index contributed by atoms with van der Waals surface area (Å²) in [6.45, 7) is 4.07. The lowest BCUT2D eigenvalue weighted by Gasteiger charge is -2.18. The van der Waals surface area contributed by atoms with Gasteiger partial charge in [-0.05, 0) is 62.2 Å². The Bertz CT molecular complexity index is 732. The van der Waals surface area contributed by atoms with Crippen LogP contribution in [0.3, 0.4) is 0 Å². The smallest absolute Gasteiger partial charge is 0.337 e. The standard InChI is InChI=1S/C20H24N2O2S/c1-14-9-12-17(19(23)24-3)13-18(14)22-20(25)21-15(2)10-11-16-7-5-4-6-8-16/h4-9,12-13,15H,10-11H2,1-3H3,(H2,21,22,25). The van der Waals surface area contributed by atoms with Crippen LogP contribution in [-0.4, -0.2) is 24.2 Å². The molecule has 0 saturated carbocycles. The van der Waals surface area contributed by atoms with E-state index in [0.29, 0.717) is 10.7 Å². The van der Waals surface area contributed by atoms with E-state index in [1.807, 2.05) is 19.1 Å². The number of esters is 1. The minimum atomic E-state index is -0.363. The molecule has 2 N–H and O–H groups in total. The lowest BCUT2D eigenvalue weighted by atomic mass is 10.1. The molecule has 0 fully saturated rings. The molecule has 25 heavy (non-hydrogen) atoms. The van der Waals surface area contributed by atoms with Crippen LogP contribution < -0.4 is 10.6 Å². The highest BCUT2D eigenvalue weighted by Gasteiger charge is 2.10. The molecule has 5 heteroatoms.